The summed E-state index contributed by atoms with van der Waals surface area (Å²) in [6, 6.07) is 4.58. The molecule has 8 heteroatoms. The van der Waals surface area contributed by atoms with Crippen molar-refractivity contribution in [1.82, 2.24) is 10.6 Å². The van der Waals surface area contributed by atoms with Crippen LogP contribution in [0.1, 0.15) is 25.8 Å². The average Bonchev–Trinajstić information content (AvgIpc) is 2.56. The normalized spacial score (nSPS) is 10.1. The quantitative estimate of drug-likeness (QED) is 0.686. The SMILES string of the molecule is COc1cc(CCC(=O)OCC(=O)NC(=O)NC(C)C)cc(OC)c1. The van der Waals surface area contributed by atoms with Crippen molar-refractivity contribution in [2.75, 3.05) is 20.8 Å². The summed E-state index contributed by atoms with van der Waals surface area (Å²) in [6.07, 6.45) is 0.490. The van der Waals surface area contributed by atoms with E-state index >= 15 is 0 Å². The number of esters is 1. The van der Waals surface area contributed by atoms with Crippen LogP contribution < -0.4 is 20.1 Å². The molecular weight excluding hydrogens is 328 g/mol. The second kappa shape index (κ2) is 10.2. The molecule has 25 heavy (non-hydrogen) atoms. The molecule has 0 aromatic heterocycles. The zero-order chi connectivity index (χ0) is 18.8. The molecular formula is C17H24N2O6. The minimum absolute atomic E-state index is 0.0851. The van der Waals surface area contributed by atoms with E-state index < -0.39 is 24.5 Å². The number of rotatable bonds is 8. The van der Waals surface area contributed by atoms with E-state index in [1.54, 1.807) is 46.3 Å². The van der Waals surface area contributed by atoms with Gasteiger partial charge in [-0.05, 0) is 38.0 Å². The Morgan fingerprint density at radius 1 is 1.04 bits per heavy atom. The molecule has 0 bridgehead atoms. The highest BCUT2D eigenvalue weighted by Gasteiger charge is 2.12. The summed E-state index contributed by atoms with van der Waals surface area (Å²) < 4.78 is 15.2. The fraction of sp³-hybridized carbons (Fsp3) is 0.471. The Balaban J connectivity index is 2.40. The Labute approximate surface area is 146 Å². The van der Waals surface area contributed by atoms with Crippen molar-refractivity contribution < 1.29 is 28.6 Å². The number of methoxy groups -OCH3 is 2. The van der Waals surface area contributed by atoms with Gasteiger partial charge in [-0.3, -0.25) is 14.9 Å². The molecule has 0 saturated carbocycles. The van der Waals surface area contributed by atoms with Crippen LogP contribution in [-0.2, 0) is 20.7 Å². The van der Waals surface area contributed by atoms with Gasteiger partial charge >= 0.3 is 12.0 Å². The Kier molecular flexibility index (Phi) is 8.25. The molecule has 0 heterocycles. The van der Waals surface area contributed by atoms with Gasteiger partial charge in [-0.2, -0.15) is 0 Å². The number of imide groups is 1. The number of hydrogen-bond donors (Lipinski definition) is 2. The van der Waals surface area contributed by atoms with Crippen molar-refractivity contribution in [2.24, 2.45) is 0 Å². The van der Waals surface area contributed by atoms with Gasteiger partial charge in [-0.1, -0.05) is 0 Å². The molecule has 1 aromatic carbocycles. The summed E-state index contributed by atoms with van der Waals surface area (Å²) in [7, 11) is 3.09. The van der Waals surface area contributed by atoms with Crippen molar-refractivity contribution in [2.45, 2.75) is 32.7 Å². The van der Waals surface area contributed by atoms with Crippen molar-refractivity contribution >= 4 is 17.9 Å². The van der Waals surface area contributed by atoms with Crippen LogP contribution in [0.4, 0.5) is 4.79 Å². The molecule has 0 unspecified atom stereocenters. The first-order valence-corrected chi connectivity index (χ1v) is 7.82. The molecule has 3 amide bonds. The highest BCUT2D eigenvalue weighted by Crippen LogP contribution is 2.23. The first-order valence-electron chi connectivity index (χ1n) is 7.82. The van der Waals surface area contributed by atoms with E-state index in [0.29, 0.717) is 17.9 Å². The second-order valence-electron chi connectivity index (χ2n) is 5.56. The molecule has 0 spiro atoms. The van der Waals surface area contributed by atoms with Crippen LogP contribution in [-0.4, -0.2) is 44.8 Å². The Bertz CT molecular complexity index is 593. The van der Waals surface area contributed by atoms with Gasteiger partial charge in [0.15, 0.2) is 6.61 Å². The highest BCUT2D eigenvalue weighted by atomic mass is 16.5. The van der Waals surface area contributed by atoms with Crippen LogP contribution >= 0.6 is 0 Å². The maximum Gasteiger partial charge on any atom is 0.321 e. The number of benzene rings is 1. The standard InChI is InChI=1S/C17H24N2O6/c1-11(2)18-17(22)19-15(20)10-25-16(21)6-5-12-7-13(23-3)9-14(8-12)24-4/h7-9,11H,5-6,10H2,1-4H3,(H2,18,19,20,22). The zero-order valence-corrected chi connectivity index (χ0v) is 14.9. The highest BCUT2D eigenvalue weighted by molar-refractivity contribution is 5.95. The van der Waals surface area contributed by atoms with Crippen LogP contribution in [0.25, 0.3) is 0 Å². The minimum atomic E-state index is -0.686. The summed E-state index contributed by atoms with van der Waals surface area (Å²) in [5, 5.41) is 4.57. The van der Waals surface area contributed by atoms with Gasteiger partial charge in [0.05, 0.1) is 14.2 Å². The lowest BCUT2D eigenvalue weighted by atomic mass is 10.1. The second-order valence-corrected chi connectivity index (χ2v) is 5.56. The lowest BCUT2D eigenvalue weighted by Crippen LogP contribution is -2.44. The van der Waals surface area contributed by atoms with Gasteiger partial charge in [-0.15, -0.1) is 0 Å². The molecule has 1 aromatic rings. The third-order valence-electron chi connectivity index (χ3n) is 3.07. The fourth-order valence-corrected chi connectivity index (χ4v) is 1.94. The predicted molar refractivity (Wildman–Crippen MR) is 90.6 cm³/mol. The van der Waals surface area contributed by atoms with Crippen molar-refractivity contribution in [1.29, 1.82) is 0 Å². The van der Waals surface area contributed by atoms with Gasteiger partial charge in [0.1, 0.15) is 11.5 Å². The molecule has 1 rings (SSSR count). The van der Waals surface area contributed by atoms with Crippen LogP contribution in [0.3, 0.4) is 0 Å². The third-order valence-corrected chi connectivity index (χ3v) is 3.07. The molecule has 2 N–H and O–H groups in total. The van der Waals surface area contributed by atoms with Crippen LogP contribution in [0.2, 0.25) is 0 Å². The number of carbonyl (C=O) groups is 3. The number of aryl methyl sites for hydroxylation is 1. The van der Waals surface area contributed by atoms with Crippen molar-refractivity contribution in [3.63, 3.8) is 0 Å². The third kappa shape index (κ3) is 8.05. The average molecular weight is 352 g/mol. The fourth-order valence-electron chi connectivity index (χ4n) is 1.94. The first kappa shape index (κ1) is 20.3. The number of amides is 3. The van der Waals surface area contributed by atoms with E-state index in [4.69, 9.17) is 14.2 Å². The number of hydrogen-bond acceptors (Lipinski definition) is 6. The summed E-state index contributed by atoms with van der Waals surface area (Å²) in [4.78, 5) is 34.6. The minimum Gasteiger partial charge on any atom is -0.497 e. The van der Waals surface area contributed by atoms with Gasteiger partial charge in [0, 0.05) is 18.5 Å². The van der Waals surface area contributed by atoms with Gasteiger partial charge in [-0.25, -0.2) is 4.79 Å². The van der Waals surface area contributed by atoms with Crippen molar-refractivity contribution in [3.8, 4) is 11.5 Å². The van der Waals surface area contributed by atoms with E-state index in [2.05, 4.69) is 10.6 Å². The van der Waals surface area contributed by atoms with E-state index in [9.17, 15) is 14.4 Å². The maximum atomic E-state index is 11.7. The van der Waals surface area contributed by atoms with E-state index in [1.165, 1.54) is 0 Å². The summed E-state index contributed by atoms with van der Waals surface area (Å²) in [6.45, 7) is 3.01. The van der Waals surface area contributed by atoms with E-state index in [0.717, 1.165) is 5.56 Å². The molecule has 0 radical (unpaired) electrons. The number of urea groups is 1. The predicted octanol–water partition coefficient (Wildman–Crippen LogP) is 1.41. The van der Waals surface area contributed by atoms with E-state index in [1.807, 2.05) is 0 Å². The van der Waals surface area contributed by atoms with Crippen molar-refractivity contribution in [3.05, 3.63) is 23.8 Å². The van der Waals surface area contributed by atoms with Crippen LogP contribution in [0.5, 0.6) is 11.5 Å². The molecule has 8 nitrogen and oxygen atoms in total. The summed E-state index contributed by atoms with van der Waals surface area (Å²) in [5.41, 5.74) is 0.842. The number of ether oxygens (including phenoxy) is 3. The van der Waals surface area contributed by atoms with Gasteiger partial charge in [0.2, 0.25) is 0 Å². The molecule has 0 aliphatic heterocycles. The maximum absolute atomic E-state index is 11.7. The van der Waals surface area contributed by atoms with E-state index in [-0.39, 0.29) is 12.5 Å². The first-order chi connectivity index (χ1) is 11.8. The topological polar surface area (TPSA) is 103 Å². The molecule has 0 atom stereocenters. The Hall–Kier alpha value is -2.77. The molecule has 0 aliphatic rings. The van der Waals surface area contributed by atoms with Gasteiger partial charge < -0.3 is 19.5 Å². The summed E-state index contributed by atoms with van der Waals surface area (Å²) in [5.74, 6) is 0.0206. The molecule has 0 fully saturated rings. The monoisotopic (exact) mass is 352 g/mol. The number of carbonyl (C=O) groups excluding carboxylic acids is 3. The lowest BCUT2D eigenvalue weighted by molar-refractivity contribution is -0.148. The smallest absolute Gasteiger partial charge is 0.321 e. The van der Waals surface area contributed by atoms with Crippen LogP contribution in [0, 0.1) is 0 Å². The van der Waals surface area contributed by atoms with Crippen LogP contribution in [0.15, 0.2) is 18.2 Å². The number of nitrogens with one attached hydrogen (secondary N) is 2. The Morgan fingerprint density at radius 2 is 1.64 bits per heavy atom. The lowest BCUT2D eigenvalue weighted by Gasteiger charge is -2.10. The molecule has 138 valence electrons. The summed E-state index contributed by atoms with van der Waals surface area (Å²) >= 11 is 0. The molecule has 0 saturated heterocycles. The molecule has 0 aliphatic carbocycles. The Morgan fingerprint density at radius 3 is 2.16 bits per heavy atom. The van der Waals surface area contributed by atoms with Gasteiger partial charge in [0.25, 0.3) is 5.91 Å². The zero-order valence-electron chi connectivity index (χ0n) is 14.9. The largest absolute Gasteiger partial charge is 0.497 e.